The normalized spacial score (nSPS) is 16.5. The molecule has 1 aliphatic rings. The summed E-state index contributed by atoms with van der Waals surface area (Å²) in [5.74, 6) is 0.895. The number of carbonyl (C=O) groups is 1. The van der Waals surface area contributed by atoms with Crippen molar-refractivity contribution in [2.75, 3.05) is 24.5 Å². The number of piperazine rings is 1. The van der Waals surface area contributed by atoms with E-state index in [-0.39, 0.29) is 11.9 Å². The smallest absolute Gasteiger partial charge is 0.253 e. The maximum atomic E-state index is 12.9. The van der Waals surface area contributed by atoms with Gasteiger partial charge in [0.2, 0.25) is 0 Å². The van der Waals surface area contributed by atoms with Gasteiger partial charge in [-0.05, 0) is 25.1 Å². The summed E-state index contributed by atoms with van der Waals surface area (Å²) >= 11 is 0. The third-order valence-corrected chi connectivity index (χ3v) is 5.82. The fourth-order valence-electron chi connectivity index (χ4n) is 4.23. The molecule has 2 aromatic heterocycles. The highest BCUT2D eigenvalue weighted by Crippen LogP contribution is 2.32. The van der Waals surface area contributed by atoms with Crippen LogP contribution in [0.2, 0.25) is 0 Å². The molecule has 3 heterocycles. The lowest BCUT2D eigenvalue weighted by Crippen LogP contribution is -2.54. The molecule has 0 radical (unpaired) electrons. The number of carbonyl (C=O) groups excluding carboxylic acids is 1. The molecule has 2 aromatic carbocycles. The predicted molar refractivity (Wildman–Crippen MR) is 122 cm³/mol. The van der Waals surface area contributed by atoms with Gasteiger partial charge in [-0.25, -0.2) is 0 Å². The lowest BCUT2D eigenvalue weighted by atomic mass is 10.1. The van der Waals surface area contributed by atoms with Gasteiger partial charge in [-0.15, -0.1) is 10.2 Å². The molecule has 0 N–H and O–H groups in total. The van der Waals surface area contributed by atoms with Crippen molar-refractivity contribution in [3.63, 3.8) is 0 Å². The molecule has 0 bridgehead atoms. The molecule has 0 saturated carbocycles. The molecule has 31 heavy (non-hydrogen) atoms. The van der Waals surface area contributed by atoms with E-state index >= 15 is 0 Å². The topological polar surface area (TPSA) is 62.2 Å². The summed E-state index contributed by atoms with van der Waals surface area (Å²) in [5, 5.41) is 11.2. The van der Waals surface area contributed by atoms with E-state index in [1.165, 1.54) is 0 Å². The van der Waals surface area contributed by atoms with Crippen LogP contribution in [-0.2, 0) is 0 Å². The van der Waals surface area contributed by atoms with Gasteiger partial charge in [-0.1, -0.05) is 48.5 Å². The molecule has 6 nitrogen and oxygen atoms in total. The van der Waals surface area contributed by atoms with Crippen LogP contribution in [0, 0.1) is 0 Å². The third kappa shape index (κ3) is 3.61. The molecule has 0 spiro atoms. The molecular formula is C25H23N5O. The highest BCUT2D eigenvalue weighted by atomic mass is 16.2. The van der Waals surface area contributed by atoms with E-state index in [4.69, 9.17) is 0 Å². The van der Waals surface area contributed by atoms with Crippen molar-refractivity contribution in [1.29, 1.82) is 0 Å². The second-order valence-corrected chi connectivity index (χ2v) is 7.82. The Balaban J connectivity index is 1.45. The summed E-state index contributed by atoms with van der Waals surface area (Å²) < 4.78 is 0. The van der Waals surface area contributed by atoms with Crippen LogP contribution in [0.15, 0.2) is 79.1 Å². The Morgan fingerprint density at radius 2 is 1.65 bits per heavy atom. The van der Waals surface area contributed by atoms with Crippen molar-refractivity contribution in [3.8, 4) is 11.3 Å². The van der Waals surface area contributed by atoms with Crippen LogP contribution in [0.5, 0.6) is 0 Å². The zero-order chi connectivity index (χ0) is 21.2. The Kier molecular flexibility index (Phi) is 5.04. The number of fused-ring (bicyclic) bond motifs is 1. The number of aromatic nitrogens is 3. The van der Waals surface area contributed by atoms with Gasteiger partial charge in [0.25, 0.3) is 5.91 Å². The maximum absolute atomic E-state index is 12.9. The van der Waals surface area contributed by atoms with E-state index in [2.05, 4.69) is 27.0 Å². The molecule has 1 atom stereocenters. The van der Waals surface area contributed by atoms with Crippen LogP contribution >= 0.6 is 0 Å². The molecule has 1 amide bonds. The summed E-state index contributed by atoms with van der Waals surface area (Å²) in [6.45, 7) is 4.10. The monoisotopic (exact) mass is 409 g/mol. The molecule has 0 aliphatic carbocycles. The number of hydrogen-bond acceptors (Lipinski definition) is 5. The van der Waals surface area contributed by atoms with Crippen LogP contribution in [-0.4, -0.2) is 51.7 Å². The minimum absolute atomic E-state index is 0.0733. The molecule has 154 valence electrons. The van der Waals surface area contributed by atoms with E-state index in [0.29, 0.717) is 19.6 Å². The summed E-state index contributed by atoms with van der Waals surface area (Å²) in [6, 6.07) is 21.6. The molecule has 1 saturated heterocycles. The van der Waals surface area contributed by atoms with Gasteiger partial charge in [0.1, 0.15) is 5.69 Å². The molecular weight excluding hydrogens is 386 g/mol. The summed E-state index contributed by atoms with van der Waals surface area (Å²) in [7, 11) is 0. The van der Waals surface area contributed by atoms with Crippen molar-refractivity contribution >= 4 is 22.5 Å². The van der Waals surface area contributed by atoms with E-state index in [0.717, 1.165) is 33.4 Å². The number of amides is 1. The summed E-state index contributed by atoms with van der Waals surface area (Å²) in [4.78, 5) is 21.4. The number of anilines is 1. The van der Waals surface area contributed by atoms with Crippen LogP contribution < -0.4 is 4.90 Å². The zero-order valence-corrected chi connectivity index (χ0v) is 17.3. The van der Waals surface area contributed by atoms with Crippen molar-refractivity contribution in [2.45, 2.75) is 13.0 Å². The highest BCUT2D eigenvalue weighted by molar-refractivity contribution is 6.00. The largest absolute Gasteiger partial charge is 0.348 e. The highest BCUT2D eigenvalue weighted by Gasteiger charge is 2.29. The van der Waals surface area contributed by atoms with E-state index in [9.17, 15) is 4.79 Å². The molecule has 4 aromatic rings. The standard InChI is InChI=1S/C25H23N5O/c1-18-17-29(25(31)20-10-6-3-7-11-20)14-15-30(18)24-22-16-26-13-12-21(22)23(27-28-24)19-8-4-2-5-9-19/h2-13,16,18H,14-15,17H2,1H3. The van der Waals surface area contributed by atoms with Gasteiger partial charge in [0.05, 0.1) is 0 Å². The van der Waals surface area contributed by atoms with Gasteiger partial charge in [0.15, 0.2) is 5.82 Å². The first kappa shape index (κ1) is 19.2. The summed E-state index contributed by atoms with van der Waals surface area (Å²) in [6.07, 6.45) is 3.65. The first-order chi connectivity index (χ1) is 15.2. The molecule has 5 rings (SSSR count). The minimum atomic E-state index is 0.0733. The van der Waals surface area contributed by atoms with Crippen molar-refractivity contribution in [1.82, 2.24) is 20.1 Å². The predicted octanol–water partition coefficient (Wildman–Crippen LogP) is 4.04. The number of hydrogen-bond donors (Lipinski definition) is 0. The first-order valence-electron chi connectivity index (χ1n) is 10.5. The second-order valence-electron chi connectivity index (χ2n) is 7.82. The average Bonchev–Trinajstić information content (AvgIpc) is 2.84. The Hall–Kier alpha value is -3.80. The van der Waals surface area contributed by atoms with E-state index in [1.807, 2.05) is 77.8 Å². The molecule has 1 fully saturated rings. The van der Waals surface area contributed by atoms with Gasteiger partial charge in [0, 0.05) is 60.0 Å². The zero-order valence-electron chi connectivity index (χ0n) is 17.3. The van der Waals surface area contributed by atoms with Crippen LogP contribution in [0.1, 0.15) is 17.3 Å². The molecule has 1 unspecified atom stereocenters. The molecule has 1 aliphatic heterocycles. The van der Waals surface area contributed by atoms with Crippen molar-refractivity contribution in [3.05, 3.63) is 84.7 Å². The molecule has 6 heteroatoms. The first-order valence-corrected chi connectivity index (χ1v) is 10.5. The number of pyridine rings is 1. The SMILES string of the molecule is CC1CN(C(=O)c2ccccc2)CCN1c1nnc(-c2ccccc2)c2ccncc12. The number of nitrogens with zero attached hydrogens (tertiary/aromatic N) is 5. The van der Waals surface area contributed by atoms with Crippen LogP contribution in [0.25, 0.3) is 22.0 Å². The Morgan fingerprint density at radius 3 is 2.39 bits per heavy atom. The van der Waals surface area contributed by atoms with E-state index in [1.54, 1.807) is 6.20 Å². The Bertz CT molecular complexity index is 1210. The summed E-state index contributed by atoms with van der Waals surface area (Å²) in [5.41, 5.74) is 2.61. The number of rotatable bonds is 3. The number of benzene rings is 2. The van der Waals surface area contributed by atoms with Gasteiger partial charge in [-0.2, -0.15) is 0 Å². The van der Waals surface area contributed by atoms with E-state index < -0.39 is 0 Å². The quantitative estimate of drug-likeness (QED) is 0.511. The van der Waals surface area contributed by atoms with Crippen LogP contribution in [0.3, 0.4) is 0 Å². The van der Waals surface area contributed by atoms with Gasteiger partial charge in [-0.3, -0.25) is 9.78 Å². The maximum Gasteiger partial charge on any atom is 0.253 e. The fraction of sp³-hybridized carbons (Fsp3) is 0.200. The Morgan fingerprint density at radius 1 is 0.903 bits per heavy atom. The van der Waals surface area contributed by atoms with Crippen molar-refractivity contribution < 1.29 is 4.79 Å². The van der Waals surface area contributed by atoms with Gasteiger partial charge >= 0.3 is 0 Å². The fourth-order valence-corrected chi connectivity index (χ4v) is 4.23. The minimum Gasteiger partial charge on any atom is -0.348 e. The average molecular weight is 409 g/mol. The van der Waals surface area contributed by atoms with Crippen LogP contribution in [0.4, 0.5) is 5.82 Å². The third-order valence-electron chi connectivity index (χ3n) is 5.82. The lowest BCUT2D eigenvalue weighted by molar-refractivity contribution is 0.0726. The lowest BCUT2D eigenvalue weighted by Gasteiger charge is -2.40. The van der Waals surface area contributed by atoms with Crippen molar-refractivity contribution in [2.24, 2.45) is 0 Å². The van der Waals surface area contributed by atoms with Gasteiger partial charge < -0.3 is 9.80 Å². The second kappa shape index (κ2) is 8.14. The Labute approximate surface area is 181 Å².